The van der Waals surface area contributed by atoms with Crippen LogP contribution in [0.3, 0.4) is 0 Å². The summed E-state index contributed by atoms with van der Waals surface area (Å²) >= 11 is 0. The first-order chi connectivity index (χ1) is 6.56. The fourth-order valence-corrected chi connectivity index (χ4v) is 2.15. The standard InChI is InChI=1S/C11H16N2O/c1-10(2)11(14,5-8-13-10)9-3-6-12-7-4-9/h3-4,6-7,13-14H,5,8H2,1-2H3. The molecule has 1 aliphatic rings. The van der Waals surface area contributed by atoms with Crippen molar-refractivity contribution in [2.24, 2.45) is 0 Å². The Morgan fingerprint density at radius 2 is 2.00 bits per heavy atom. The molecule has 1 unspecified atom stereocenters. The Hall–Kier alpha value is -0.930. The van der Waals surface area contributed by atoms with E-state index in [4.69, 9.17) is 0 Å². The molecular weight excluding hydrogens is 176 g/mol. The number of nitrogens with one attached hydrogen (secondary N) is 1. The van der Waals surface area contributed by atoms with Crippen LogP contribution in [-0.4, -0.2) is 22.2 Å². The van der Waals surface area contributed by atoms with Gasteiger partial charge in [0.15, 0.2) is 0 Å². The summed E-state index contributed by atoms with van der Waals surface area (Å²) in [5.74, 6) is 0. The molecule has 2 heterocycles. The molecule has 0 aliphatic carbocycles. The van der Waals surface area contributed by atoms with Crippen molar-refractivity contribution in [1.82, 2.24) is 10.3 Å². The summed E-state index contributed by atoms with van der Waals surface area (Å²) in [5.41, 5.74) is -0.0906. The van der Waals surface area contributed by atoms with Crippen LogP contribution in [0.5, 0.6) is 0 Å². The average Bonchev–Trinajstić information content (AvgIpc) is 2.44. The molecule has 1 saturated heterocycles. The van der Waals surface area contributed by atoms with Gasteiger partial charge in [0.1, 0.15) is 5.60 Å². The zero-order valence-corrected chi connectivity index (χ0v) is 8.62. The van der Waals surface area contributed by atoms with E-state index in [-0.39, 0.29) is 5.54 Å². The molecular formula is C11H16N2O. The van der Waals surface area contributed by atoms with Gasteiger partial charge in [-0.2, -0.15) is 0 Å². The van der Waals surface area contributed by atoms with Gasteiger partial charge in [-0.15, -0.1) is 0 Å². The van der Waals surface area contributed by atoms with Crippen LogP contribution in [0.2, 0.25) is 0 Å². The van der Waals surface area contributed by atoms with Crippen LogP contribution in [0.15, 0.2) is 24.5 Å². The number of rotatable bonds is 1. The van der Waals surface area contributed by atoms with Crippen LogP contribution in [0, 0.1) is 0 Å². The van der Waals surface area contributed by atoms with Crippen molar-refractivity contribution in [3.63, 3.8) is 0 Å². The molecule has 0 aromatic carbocycles. The number of aliphatic hydroxyl groups is 1. The summed E-state index contributed by atoms with van der Waals surface area (Å²) in [5, 5.41) is 13.9. The van der Waals surface area contributed by atoms with Gasteiger partial charge in [0.25, 0.3) is 0 Å². The minimum Gasteiger partial charge on any atom is -0.383 e. The van der Waals surface area contributed by atoms with Crippen LogP contribution in [0.4, 0.5) is 0 Å². The fourth-order valence-electron chi connectivity index (χ4n) is 2.15. The van der Waals surface area contributed by atoms with Gasteiger partial charge in [-0.3, -0.25) is 4.98 Å². The van der Waals surface area contributed by atoms with Gasteiger partial charge in [0.05, 0.1) is 0 Å². The minimum absolute atomic E-state index is 0.269. The number of nitrogens with zero attached hydrogens (tertiary/aromatic N) is 1. The van der Waals surface area contributed by atoms with Crippen molar-refractivity contribution in [3.05, 3.63) is 30.1 Å². The first kappa shape index (κ1) is 9.62. The highest BCUT2D eigenvalue weighted by Crippen LogP contribution is 2.39. The van der Waals surface area contributed by atoms with E-state index < -0.39 is 5.60 Å². The van der Waals surface area contributed by atoms with E-state index >= 15 is 0 Å². The SMILES string of the molecule is CC1(C)NCCC1(O)c1ccncc1. The smallest absolute Gasteiger partial charge is 0.108 e. The topological polar surface area (TPSA) is 45.1 Å². The summed E-state index contributed by atoms with van der Waals surface area (Å²) < 4.78 is 0. The lowest BCUT2D eigenvalue weighted by molar-refractivity contribution is -0.0125. The third kappa shape index (κ3) is 1.24. The summed E-state index contributed by atoms with van der Waals surface area (Å²) in [6.07, 6.45) is 4.20. The van der Waals surface area contributed by atoms with Crippen molar-refractivity contribution < 1.29 is 5.11 Å². The molecule has 0 spiro atoms. The number of hydrogen-bond donors (Lipinski definition) is 2. The lowest BCUT2D eigenvalue weighted by atomic mass is 9.79. The van der Waals surface area contributed by atoms with Crippen molar-refractivity contribution in [2.75, 3.05) is 6.54 Å². The van der Waals surface area contributed by atoms with Gasteiger partial charge < -0.3 is 10.4 Å². The zero-order chi connectivity index (χ0) is 10.2. The highest BCUT2D eigenvalue weighted by atomic mass is 16.3. The molecule has 1 aromatic heterocycles. The molecule has 76 valence electrons. The van der Waals surface area contributed by atoms with E-state index in [2.05, 4.69) is 10.3 Å². The van der Waals surface area contributed by atoms with Gasteiger partial charge in [0, 0.05) is 17.9 Å². The van der Waals surface area contributed by atoms with Gasteiger partial charge in [-0.25, -0.2) is 0 Å². The molecule has 0 saturated carbocycles. The first-order valence-corrected chi connectivity index (χ1v) is 4.94. The fraction of sp³-hybridized carbons (Fsp3) is 0.545. The Balaban J connectivity index is 2.42. The molecule has 14 heavy (non-hydrogen) atoms. The van der Waals surface area contributed by atoms with Gasteiger partial charge in [-0.1, -0.05) is 0 Å². The van der Waals surface area contributed by atoms with Crippen LogP contribution < -0.4 is 5.32 Å². The molecule has 0 bridgehead atoms. The quantitative estimate of drug-likeness (QED) is 0.699. The predicted octanol–water partition coefficient (Wildman–Crippen LogP) is 1.04. The highest BCUT2D eigenvalue weighted by Gasteiger charge is 2.48. The van der Waals surface area contributed by atoms with Crippen LogP contribution in [0.25, 0.3) is 0 Å². The lowest BCUT2D eigenvalue weighted by Gasteiger charge is -2.36. The Morgan fingerprint density at radius 1 is 1.36 bits per heavy atom. The molecule has 2 rings (SSSR count). The molecule has 1 aliphatic heterocycles. The number of pyridine rings is 1. The highest BCUT2D eigenvalue weighted by molar-refractivity contribution is 5.26. The Bertz CT molecular complexity index is 323. The first-order valence-electron chi connectivity index (χ1n) is 4.94. The van der Waals surface area contributed by atoms with Crippen molar-refractivity contribution in [2.45, 2.75) is 31.4 Å². The summed E-state index contributed by atoms with van der Waals surface area (Å²) in [7, 11) is 0. The van der Waals surface area contributed by atoms with E-state index in [1.165, 1.54) is 0 Å². The lowest BCUT2D eigenvalue weighted by Crippen LogP contribution is -2.49. The van der Waals surface area contributed by atoms with Crippen molar-refractivity contribution in [3.8, 4) is 0 Å². The van der Waals surface area contributed by atoms with E-state index in [0.29, 0.717) is 0 Å². The summed E-state index contributed by atoms with van der Waals surface area (Å²) in [4.78, 5) is 3.96. The maximum absolute atomic E-state index is 10.6. The Morgan fingerprint density at radius 3 is 2.50 bits per heavy atom. The molecule has 1 fully saturated rings. The molecule has 3 nitrogen and oxygen atoms in total. The maximum Gasteiger partial charge on any atom is 0.108 e. The second kappa shape index (κ2) is 3.04. The minimum atomic E-state index is -0.768. The third-order valence-electron chi connectivity index (χ3n) is 3.25. The maximum atomic E-state index is 10.6. The molecule has 0 amide bonds. The largest absolute Gasteiger partial charge is 0.383 e. The molecule has 1 atom stereocenters. The van der Waals surface area contributed by atoms with Crippen LogP contribution in [0.1, 0.15) is 25.8 Å². The van der Waals surface area contributed by atoms with E-state index in [0.717, 1.165) is 18.5 Å². The van der Waals surface area contributed by atoms with Gasteiger partial charge in [-0.05, 0) is 44.5 Å². The zero-order valence-electron chi connectivity index (χ0n) is 8.62. The summed E-state index contributed by atoms with van der Waals surface area (Å²) in [6, 6.07) is 3.77. The van der Waals surface area contributed by atoms with Crippen LogP contribution >= 0.6 is 0 Å². The normalized spacial score (nSPS) is 30.5. The number of hydrogen-bond acceptors (Lipinski definition) is 3. The Kier molecular flexibility index (Phi) is 2.09. The van der Waals surface area contributed by atoms with Crippen molar-refractivity contribution >= 4 is 0 Å². The molecule has 3 heteroatoms. The second-order valence-electron chi connectivity index (χ2n) is 4.40. The molecule has 2 N–H and O–H groups in total. The van der Waals surface area contributed by atoms with E-state index in [1.54, 1.807) is 12.4 Å². The van der Waals surface area contributed by atoms with Crippen molar-refractivity contribution in [1.29, 1.82) is 0 Å². The number of aromatic nitrogens is 1. The third-order valence-corrected chi connectivity index (χ3v) is 3.25. The van der Waals surface area contributed by atoms with E-state index in [9.17, 15) is 5.11 Å². The predicted molar refractivity (Wildman–Crippen MR) is 54.8 cm³/mol. The second-order valence-corrected chi connectivity index (χ2v) is 4.40. The monoisotopic (exact) mass is 192 g/mol. The molecule has 1 aromatic rings. The van der Waals surface area contributed by atoms with Gasteiger partial charge in [0.2, 0.25) is 0 Å². The van der Waals surface area contributed by atoms with Crippen LogP contribution in [-0.2, 0) is 5.60 Å². The Labute approximate surface area is 84.2 Å². The van der Waals surface area contributed by atoms with Gasteiger partial charge >= 0.3 is 0 Å². The average molecular weight is 192 g/mol. The summed E-state index contributed by atoms with van der Waals surface area (Å²) in [6.45, 7) is 4.91. The van der Waals surface area contributed by atoms with E-state index in [1.807, 2.05) is 26.0 Å². The molecule has 0 radical (unpaired) electrons.